The Morgan fingerprint density at radius 3 is 2.31 bits per heavy atom. The molecule has 2 rings (SSSR count). The zero-order chi connectivity index (χ0) is 19.7. The van der Waals surface area contributed by atoms with Crippen LogP contribution in [0.25, 0.3) is 0 Å². The summed E-state index contributed by atoms with van der Waals surface area (Å²) in [6.07, 6.45) is 0. The molecule has 2 N–H and O–H groups in total. The van der Waals surface area contributed by atoms with E-state index in [0.717, 1.165) is 5.56 Å². The number of carbonyl (C=O) groups is 1. The van der Waals surface area contributed by atoms with Gasteiger partial charge in [0.25, 0.3) is 5.91 Å². The van der Waals surface area contributed by atoms with Gasteiger partial charge in [0.05, 0.1) is 10.6 Å². The van der Waals surface area contributed by atoms with E-state index in [-0.39, 0.29) is 16.1 Å². The van der Waals surface area contributed by atoms with Gasteiger partial charge in [0.15, 0.2) is 0 Å². The van der Waals surface area contributed by atoms with Crippen LogP contribution >= 0.6 is 0 Å². The van der Waals surface area contributed by atoms with E-state index >= 15 is 0 Å². The average molecular weight is 378 g/mol. The number of aryl methyl sites for hydroxylation is 2. The lowest BCUT2D eigenvalue weighted by molar-refractivity contribution is 0.102. The largest absolute Gasteiger partial charge is 0.319 e. The van der Waals surface area contributed by atoms with Crippen LogP contribution in [-0.2, 0) is 10.0 Å². The molecule has 0 aliphatic rings. The minimum atomic E-state index is -3.78. The van der Waals surface area contributed by atoms with Crippen LogP contribution in [0, 0.1) is 19.7 Å². The van der Waals surface area contributed by atoms with Gasteiger partial charge in [-0.3, -0.25) is 4.79 Å². The highest BCUT2D eigenvalue weighted by atomic mass is 32.2. The Labute approximate surface area is 153 Å². The second-order valence-corrected chi connectivity index (χ2v) is 8.95. The summed E-state index contributed by atoms with van der Waals surface area (Å²) in [6.45, 7) is 8.66. The molecule has 0 atom stereocenters. The first-order chi connectivity index (χ1) is 11.9. The normalized spacial score (nSPS) is 12.1. The Morgan fingerprint density at radius 1 is 1.04 bits per heavy atom. The summed E-state index contributed by atoms with van der Waals surface area (Å²) in [5, 5.41) is 2.51. The fourth-order valence-electron chi connectivity index (χ4n) is 2.40. The van der Waals surface area contributed by atoms with Gasteiger partial charge in [0.2, 0.25) is 10.0 Å². The van der Waals surface area contributed by atoms with E-state index in [0.29, 0.717) is 5.56 Å². The second-order valence-electron chi connectivity index (χ2n) is 7.27. The number of rotatable bonds is 4. The number of carbonyl (C=O) groups excluding carboxylic acids is 1. The molecule has 1 amide bonds. The van der Waals surface area contributed by atoms with Crippen LogP contribution in [0.2, 0.25) is 0 Å². The van der Waals surface area contributed by atoms with E-state index < -0.39 is 27.3 Å². The van der Waals surface area contributed by atoms with Gasteiger partial charge in [-0.2, -0.15) is 0 Å². The quantitative estimate of drug-likeness (QED) is 0.850. The molecule has 0 saturated carbocycles. The van der Waals surface area contributed by atoms with E-state index in [1.54, 1.807) is 46.8 Å². The Balaban J connectivity index is 2.38. The monoisotopic (exact) mass is 378 g/mol. The third-order valence-corrected chi connectivity index (χ3v) is 5.33. The van der Waals surface area contributed by atoms with Gasteiger partial charge < -0.3 is 5.32 Å². The first-order valence-corrected chi connectivity index (χ1v) is 9.59. The number of nitrogens with one attached hydrogen (secondary N) is 2. The SMILES string of the molecule is Cc1ccc(F)c(NC(=O)c2cc(S(=O)(=O)NC(C)(C)C)ccc2C)c1. The van der Waals surface area contributed by atoms with Gasteiger partial charge in [-0.15, -0.1) is 0 Å². The highest BCUT2D eigenvalue weighted by Gasteiger charge is 2.23. The van der Waals surface area contributed by atoms with Crippen molar-refractivity contribution in [3.63, 3.8) is 0 Å². The highest BCUT2D eigenvalue weighted by Crippen LogP contribution is 2.21. The zero-order valence-corrected chi connectivity index (χ0v) is 16.3. The van der Waals surface area contributed by atoms with Crippen molar-refractivity contribution in [2.45, 2.75) is 45.1 Å². The molecular weight excluding hydrogens is 355 g/mol. The van der Waals surface area contributed by atoms with Crippen LogP contribution in [0.3, 0.4) is 0 Å². The van der Waals surface area contributed by atoms with Gasteiger partial charge in [-0.1, -0.05) is 12.1 Å². The lowest BCUT2D eigenvalue weighted by Gasteiger charge is -2.20. The van der Waals surface area contributed by atoms with E-state index in [2.05, 4.69) is 10.0 Å². The molecule has 0 heterocycles. The first-order valence-electron chi connectivity index (χ1n) is 8.11. The zero-order valence-electron chi connectivity index (χ0n) is 15.5. The summed E-state index contributed by atoms with van der Waals surface area (Å²) in [7, 11) is -3.78. The van der Waals surface area contributed by atoms with Crippen LogP contribution in [0.4, 0.5) is 10.1 Å². The molecule has 0 aliphatic heterocycles. The molecule has 2 aromatic carbocycles. The van der Waals surface area contributed by atoms with Crippen molar-refractivity contribution in [3.8, 4) is 0 Å². The van der Waals surface area contributed by atoms with Crippen molar-refractivity contribution < 1.29 is 17.6 Å². The summed E-state index contributed by atoms with van der Waals surface area (Å²) in [4.78, 5) is 12.5. The molecule has 0 aromatic heterocycles. The molecule has 0 saturated heterocycles. The number of benzene rings is 2. The average Bonchev–Trinajstić information content (AvgIpc) is 2.48. The van der Waals surface area contributed by atoms with Crippen molar-refractivity contribution in [2.75, 3.05) is 5.32 Å². The third-order valence-electron chi connectivity index (χ3n) is 3.57. The Kier molecular flexibility index (Phi) is 5.53. The van der Waals surface area contributed by atoms with E-state index in [1.165, 1.54) is 24.3 Å². The molecule has 26 heavy (non-hydrogen) atoms. The summed E-state index contributed by atoms with van der Waals surface area (Å²) >= 11 is 0. The van der Waals surface area contributed by atoms with Crippen LogP contribution < -0.4 is 10.0 Å². The van der Waals surface area contributed by atoms with Crippen LogP contribution in [-0.4, -0.2) is 19.9 Å². The third kappa shape index (κ3) is 4.89. The van der Waals surface area contributed by atoms with Crippen LogP contribution in [0.1, 0.15) is 42.3 Å². The maximum atomic E-state index is 13.9. The van der Waals surface area contributed by atoms with E-state index in [4.69, 9.17) is 0 Å². The topological polar surface area (TPSA) is 75.3 Å². The molecular formula is C19H23FN2O3S. The van der Waals surface area contributed by atoms with Gasteiger partial charge in [-0.25, -0.2) is 17.5 Å². The van der Waals surface area contributed by atoms with Crippen LogP contribution in [0.5, 0.6) is 0 Å². The van der Waals surface area contributed by atoms with Crippen molar-refractivity contribution in [1.29, 1.82) is 0 Å². The lowest BCUT2D eigenvalue weighted by Crippen LogP contribution is -2.40. The second kappa shape index (κ2) is 7.17. The number of hydrogen-bond donors (Lipinski definition) is 2. The van der Waals surface area contributed by atoms with Crippen LogP contribution in [0.15, 0.2) is 41.3 Å². The van der Waals surface area contributed by atoms with Crippen molar-refractivity contribution in [2.24, 2.45) is 0 Å². The smallest absolute Gasteiger partial charge is 0.256 e. The van der Waals surface area contributed by atoms with Crippen molar-refractivity contribution in [1.82, 2.24) is 4.72 Å². The number of hydrogen-bond acceptors (Lipinski definition) is 3. The molecule has 0 aliphatic carbocycles. The summed E-state index contributed by atoms with van der Waals surface area (Å²) < 4.78 is 41.4. The predicted molar refractivity (Wildman–Crippen MR) is 100 cm³/mol. The van der Waals surface area contributed by atoms with E-state index in [9.17, 15) is 17.6 Å². The number of amides is 1. The van der Waals surface area contributed by atoms with Gasteiger partial charge >= 0.3 is 0 Å². The lowest BCUT2D eigenvalue weighted by atomic mass is 10.1. The number of sulfonamides is 1. The summed E-state index contributed by atoms with van der Waals surface area (Å²) in [5.41, 5.74) is 0.948. The fourth-order valence-corrected chi connectivity index (χ4v) is 3.84. The number of anilines is 1. The molecule has 7 heteroatoms. The Bertz CT molecular complexity index is 948. The number of halogens is 1. The Morgan fingerprint density at radius 2 is 1.69 bits per heavy atom. The molecule has 0 unspecified atom stereocenters. The first kappa shape index (κ1) is 20.1. The van der Waals surface area contributed by atoms with Gasteiger partial charge in [-0.05, 0) is 70.0 Å². The molecule has 0 fully saturated rings. The van der Waals surface area contributed by atoms with Crippen molar-refractivity contribution in [3.05, 3.63) is 58.9 Å². The molecule has 140 valence electrons. The molecule has 2 aromatic rings. The highest BCUT2D eigenvalue weighted by molar-refractivity contribution is 7.89. The van der Waals surface area contributed by atoms with E-state index in [1.807, 2.05) is 0 Å². The molecule has 0 bridgehead atoms. The maximum Gasteiger partial charge on any atom is 0.256 e. The van der Waals surface area contributed by atoms with Gasteiger partial charge in [0, 0.05) is 11.1 Å². The summed E-state index contributed by atoms with van der Waals surface area (Å²) in [6, 6.07) is 8.68. The molecule has 0 radical (unpaired) electrons. The minimum absolute atomic E-state index is 0.0205. The fraction of sp³-hybridized carbons (Fsp3) is 0.316. The van der Waals surface area contributed by atoms with Crippen molar-refractivity contribution >= 4 is 21.6 Å². The maximum absolute atomic E-state index is 13.9. The van der Waals surface area contributed by atoms with Gasteiger partial charge in [0.1, 0.15) is 5.82 Å². The summed E-state index contributed by atoms with van der Waals surface area (Å²) in [5.74, 6) is -1.13. The minimum Gasteiger partial charge on any atom is -0.319 e. The predicted octanol–water partition coefficient (Wildman–Crippen LogP) is 3.77. The Hall–Kier alpha value is -2.25. The molecule has 0 spiro atoms. The molecule has 5 nitrogen and oxygen atoms in total. The standard InChI is InChI=1S/C19H23FN2O3S/c1-12-6-9-16(20)17(10-12)21-18(23)15-11-14(8-7-13(15)2)26(24,25)22-19(3,4)5/h6-11,22H,1-5H3,(H,21,23).